The molecule has 1 N–H and O–H groups in total. The van der Waals surface area contributed by atoms with Crippen LogP contribution in [0, 0.1) is 13.8 Å². The van der Waals surface area contributed by atoms with E-state index in [1.165, 1.54) is 6.39 Å². The van der Waals surface area contributed by atoms with Gasteiger partial charge >= 0.3 is 5.97 Å². The van der Waals surface area contributed by atoms with E-state index < -0.39 is 5.97 Å². The number of aryl methyl sites for hydroxylation is 2. The standard InChI is InChI=1S/C13H13NO3/c1-8-3-4-10(9(2)5-8)13-11(6-12(15)16)17-7-14-13/h3-5,7H,6H2,1-2H3,(H,15,16). The summed E-state index contributed by atoms with van der Waals surface area (Å²) in [6.45, 7) is 3.99. The molecule has 17 heavy (non-hydrogen) atoms. The Kier molecular flexibility index (Phi) is 2.95. The van der Waals surface area contributed by atoms with Gasteiger partial charge < -0.3 is 9.52 Å². The third-order valence-electron chi connectivity index (χ3n) is 2.59. The maximum atomic E-state index is 10.7. The second-order valence-corrected chi connectivity index (χ2v) is 4.01. The van der Waals surface area contributed by atoms with Crippen LogP contribution in [-0.4, -0.2) is 16.1 Å². The maximum Gasteiger partial charge on any atom is 0.311 e. The first-order valence-electron chi connectivity index (χ1n) is 5.29. The van der Waals surface area contributed by atoms with Crippen LogP contribution in [0.1, 0.15) is 16.9 Å². The van der Waals surface area contributed by atoms with Crippen molar-refractivity contribution in [3.63, 3.8) is 0 Å². The average molecular weight is 231 g/mol. The van der Waals surface area contributed by atoms with Crippen LogP contribution in [-0.2, 0) is 11.2 Å². The molecule has 1 heterocycles. The molecular weight excluding hydrogens is 218 g/mol. The highest BCUT2D eigenvalue weighted by Crippen LogP contribution is 2.26. The number of carboxylic acid groups (broad SMARTS) is 1. The van der Waals surface area contributed by atoms with Crippen LogP contribution < -0.4 is 0 Å². The molecule has 0 atom stereocenters. The van der Waals surface area contributed by atoms with E-state index in [-0.39, 0.29) is 6.42 Å². The van der Waals surface area contributed by atoms with Crippen molar-refractivity contribution in [3.05, 3.63) is 41.5 Å². The summed E-state index contributed by atoms with van der Waals surface area (Å²) in [6, 6.07) is 5.95. The second-order valence-electron chi connectivity index (χ2n) is 4.01. The van der Waals surface area contributed by atoms with Crippen molar-refractivity contribution >= 4 is 5.97 Å². The highest BCUT2D eigenvalue weighted by molar-refractivity contribution is 5.74. The molecule has 1 aromatic heterocycles. The lowest BCUT2D eigenvalue weighted by molar-refractivity contribution is -0.136. The Morgan fingerprint density at radius 1 is 1.41 bits per heavy atom. The van der Waals surface area contributed by atoms with E-state index in [4.69, 9.17) is 9.52 Å². The quantitative estimate of drug-likeness (QED) is 0.881. The molecule has 0 fully saturated rings. The minimum Gasteiger partial charge on any atom is -0.481 e. The fourth-order valence-electron chi connectivity index (χ4n) is 1.83. The van der Waals surface area contributed by atoms with Crippen molar-refractivity contribution < 1.29 is 14.3 Å². The molecule has 0 radical (unpaired) electrons. The zero-order valence-corrected chi connectivity index (χ0v) is 9.73. The topological polar surface area (TPSA) is 63.3 Å². The maximum absolute atomic E-state index is 10.7. The van der Waals surface area contributed by atoms with Crippen molar-refractivity contribution in [2.24, 2.45) is 0 Å². The lowest BCUT2D eigenvalue weighted by atomic mass is 10.0. The van der Waals surface area contributed by atoms with E-state index in [1.807, 2.05) is 32.0 Å². The van der Waals surface area contributed by atoms with E-state index in [9.17, 15) is 4.79 Å². The SMILES string of the molecule is Cc1ccc(-c2ncoc2CC(=O)O)c(C)c1. The molecular formula is C13H13NO3. The Morgan fingerprint density at radius 3 is 2.82 bits per heavy atom. The van der Waals surface area contributed by atoms with Gasteiger partial charge in [-0.25, -0.2) is 4.98 Å². The van der Waals surface area contributed by atoms with E-state index in [0.29, 0.717) is 11.5 Å². The lowest BCUT2D eigenvalue weighted by Crippen LogP contribution is -2.00. The van der Waals surface area contributed by atoms with E-state index in [1.54, 1.807) is 0 Å². The molecule has 0 aliphatic rings. The highest BCUT2D eigenvalue weighted by Gasteiger charge is 2.15. The first kappa shape index (κ1) is 11.4. The van der Waals surface area contributed by atoms with Crippen LogP contribution in [0.4, 0.5) is 0 Å². The zero-order chi connectivity index (χ0) is 12.4. The fourth-order valence-corrected chi connectivity index (χ4v) is 1.83. The largest absolute Gasteiger partial charge is 0.481 e. The summed E-state index contributed by atoms with van der Waals surface area (Å²) >= 11 is 0. The molecule has 0 saturated carbocycles. The summed E-state index contributed by atoms with van der Waals surface area (Å²) in [6.07, 6.45) is 1.13. The molecule has 88 valence electrons. The summed E-state index contributed by atoms with van der Waals surface area (Å²) in [7, 11) is 0. The molecule has 0 spiro atoms. The summed E-state index contributed by atoms with van der Waals surface area (Å²) in [5.41, 5.74) is 3.76. The monoisotopic (exact) mass is 231 g/mol. The smallest absolute Gasteiger partial charge is 0.311 e. The van der Waals surface area contributed by atoms with Crippen molar-refractivity contribution in [1.29, 1.82) is 0 Å². The Bertz CT molecular complexity index is 558. The Balaban J connectivity index is 2.46. The summed E-state index contributed by atoms with van der Waals surface area (Å²) < 4.78 is 5.12. The molecule has 4 heteroatoms. The molecule has 0 saturated heterocycles. The third-order valence-corrected chi connectivity index (χ3v) is 2.59. The van der Waals surface area contributed by atoms with Gasteiger partial charge in [0.2, 0.25) is 0 Å². The molecule has 2 aromatic rings. The minimum atomic E-state index is -0.923. The van der Waals surface area contributed by atoms with Gasteiger partial charge in [0.25, 0.3) is 0 Å². The molecule has 0 amide bonds. The van der Waals surface area contributed by atoms with E-state index in [0.717, 1.165) is 16.7 Å². The average Bonchev–Trinajstić information content (AvgIpc) is 2.65. The number of oxazole rings is 1. The number of nitrogens with zero attached hydrogens (tertiary/aromatic N) is 1. The number of aromatic nitrogens is 1. The van der Waals surface area contributed by atoms with Gasteiger partial charge in [-0.3, -0.25) is 4.79 Å². The Labute approximate surface area is 98.9 Å². The van der Waals surface area contributed by atoms with Crippen LogP contribution in [0.25, 0.3) is 11.3 Å². The van der Waals surface area contributed by atoms with Crippen LogP contribution in [0.15, 0.2) is 29.0 Å². The Morgan fingerprint density at radius 2 is 2.18 bits per heavy atom. The lowest BCUT2D eigenvalue weighted by Gasteiger charge is -2.05. The molecule has 2 rings (SSSR count). The number of benzene rings is 1. The highest BCUT2D eigenvalue weighted by atomic mass is 16.4. The van der Waals surface area contributed by atoms with Crippen molar-refractivity contribution in [3.8, 4) is 11.3 Å². The predicted molar refractivity (Wildman–Crippen MR) is 62.8 cm³/mol. The van der Waals surface area contributed by atoms with Crippen LogP contribution >= 0.6 is 0 Å². The van der Waals surface area contributed by atoms with Gasteiger partial charge in [0.1, 0.15) is 17.9 Å². The van der Waals surface area contributed by atoms with E-state index >= 15 is 0 Å². The number of carboxylic acids is 1. The number of hydrogen-bond acceptors (Lipinski definition) is 3. The molecule has 0 bridgehead atoms. The fraction of sp³-hybridized carbons (Fsp3) is 0.231. The molecule has 0 aliphatic heterocycles. The third kappa shape index (κ3) is 2.36. The normalized spacial score (nSPS) is 10.5. The number of hydrogen-bond donors (Lipinski definition) is 1. The van der Waals surface area contributed by atoms with Gasteiger partial charge in [-0.05, 0) is 19.4 Å². The van der Waals surface area contributed by atoms with Gasteiger partial charge in [0, 0.05) is 5.56 Å². The number of rotatable bonds is 3. The van der Waals surface area contributed by atoms with Crippen molar-refractivity contribution in [2.75, 3.05) is 0 Å². The summed E-state index contributed by atoms with van der Waals surface area (Å²) in [4.78, 5) is 14.8. The van der Waals surface area contributed by atoms with Crippen LogP contribution in [0.2, 0.25) is 0 Å². The molecule has 0 aliphatic carbocycles. The van der Waals surface area contributed by atoms with Gasteiger partial charge in [-0.1, -0.05) is 23.8 Å². The molecule has 4 nitrogen and oxygen atoms in total. The van der Waals surface area contributed by atoms with Gasteiger partial charge in [-0.15, -0.1) is 0 Å². The first-order valence-corrected chi connectivity index (χ1v) is 5.29. The van der Waals surface area contributed by atoms with Crippen LogP contribution in [0.3, 0.4) is 0 Å². The molecule has 1 aromatic carbocycles. The number of aliphatic carboxylic acids is 1. The van der Waals surface area contributed by atoms with Gasteiger partial charge in [0.15, 0.2) is 6.39 Å². The van der Waals surface area contributed by atoms with E-state index in [2.05, 4.69) is 4.98 Å². The Hall–Kier alpha value is -2.10. The summed E-state index contributed by atoms with van der Waals surface area (Å²) in [5, 5.41) is 8.78. The molecule has 0 unspecified atom stereocenters. The predicted octanol–water partition coefficient (Wildman–Crippen LogP) is 2.59. The van der Waals surface area contributed by atoms with Gasteiger partial charge in [0.05, 0.1) is 0 Å². The number of carbonyl (C=O) groups is 1. The summed E-state index contributed by atoms with van der Waals surface area (Å²) in [5.74, 6) is -0.530. The minimum absolute atomic E-state index is 0.150. The second kappa shape index (κ2) is 4.41. The van der Waals surface area contributed by atoms with Crippen molar-refractivity contribution in [1.82, 2.24) is 4.98 Å². The zero-order valence-electron chi connectivity index (χ0n) is 9.73. The first-order chi connectivity index (χ1) is 8.08. The van der Waals surface area contributed by atoms with Gasteiger partial charge in [-0.2, -0.15) is 0 Å². The van der Waals surface area contributed by atoms with Crippen molar-refractivity contribution in [2.45, 2.75) is 20.3 Å². The van der Waals surface area contributed by atoms with Crippen LogP contribution in [0.5, 0.6) is 0 Å².